The molecule has 1 aromatic heterocycles. The van der Waals surface area contributed by atoms with E-state index in [0.29, 0.717) is 32.4 Å². The van der Waals surface area contributed by atoms with Crippen molar-refractivity contribution in [2.24, 2.45) is 11.3 Å². The number of piperidine rings is 1. The summed E-state index contributed by atoms with van der Waals surface area (Å²) in [7, 11) is 0. The Morgan fingerprint density at radius 2 is 1.89 bits per heavy atom. The van der Waals surface area contributed by atoms with Gasteiger partial charge in [-0.25, -0.2) is 14.8 Å². The first-order valence-corrected chi connectivity index (χ1v) is 9.09. The second kappa shape index (κ2) is 6.89. The first-order valence-electron chi connectivity index (χ1n) is 9.09. The number of halogens is 3. The van der Waals surface area contributed by atoms with Gasteiger partial charge in [-0.2, -0.15) is 13.2 Å². The minimum Gasteiger partial charge on any atom is -0.444 e. The Balaban J connectivity index is 1.55. The molecule has 2 heterocycles. The zero-order valence-corrected chi connectivity index (χ0v) is 16.0. The molecule has 2 fully saturated rings. The van der Waals surface area contributed by atoms with Crippen molar-refractivity contribution in [1.29, 1.82) is 0 Å². The van der Waals surface area contributed by atoms with Crippen molar-refractivity contribution in [3.63, 3.8) is 0 Å². The molecule has 2 aliphatic rings. The number of alkyl halides is 3. The molecule has 0 radical (unpaired) electrons. The summed E-state index contributed by atoms with van der Waals surface area (Å²) in [5, 5.41) is 2.46. The Kier molecular flexibility index (Phi) is 5.01. The van der Waals surface area contributed by atoms with Crippen LogP contribution in [0, 0.1) is 11.3 Å². The van der Waals surface area contributed by atoms with E-state index >= 15 is 0 Å². The monoisotopic (exact) mass is 400 g/mol. The molecule has 1 saturated carbocycles. The van der Waals surface area contributed by atoms with Crippen LogP contribution in [0.4, 0.5) is 23.8 Å². The zero-order chi connectivity index (χ0) is 20.7. The van der Waals surface area contributed by atoms with E-state index < -0.39 is 17.6 Å². The second-order valence-electron chi connectivity index (χ2n) is 8.34. The van der Waals surface area contributed by atoms with Gasteiger partial charge in [-0.05, 0) is 51.5 Å². The highest BCUT2D eigenvalue weighted by Gasteiger charge is 2.59. The normalized spacial score (nSPS) is 21.4. The summed E-state index contributed by atoms with van der Waals surface area (Å²) in [6.45, 7) is 6.38. The molecule has 1 spiro atoms. The smallest absolute Gasteiger partial charge is 0.444 e. The van der Waals surface area contributed by atoms with Gasteiger partial charge < -0.3 is 15.0 Å². The lowest BCUT2D eigenvalue weighted by atomic mass is 9.91. The number of rotatable bonds is 2. The molecule has 1 atom stereocenters. The number of carbonyl (C=O) groups excluding carboxylic acids is 2. The molecule has 28 heavy (non-hydrogen) atoms. The molecule has 0 bridgehead atoms. The van der Waals surface area contributed by atoms with E-state index in [-0.39, 0.29) is 29.2 Å². The minimum absolute atomic E-state index is 0.166. The van der Waals surface area contributed by atoms with Crippen molar-refractivity contribution in [2.45, 2.75) is 51.8 Å². The Bertz CT molecular complexity index is 768. The summed E-state index contributed by atoms with van der Waals surface area (Å²) in [4.78, 5) is 32.8. The van der Waals surface area contributed by atoms with Crippen molar-refractivity contribution in [3.05, 3.63) is 18.1 Å². The summed E-state index contributed by atoms with van der Waals surface area (Å²) in [5.41, 5.74) is -0.774. The van der Waals surface area contributed by atoms with Crippen LogP contribution in [0.5, 0.6) is 0 Å². The zero-order valence-electron chi connectivity index (χ0n) is 16.0. The molecule has 1 N–H and O–H groups in total. The van der Waals surface area contributed by atoms with Gasteiger partial charge in [-0.3, -0.25) is 4.79 Å². The first kappa shape index (κ1) is 20.3. The van der Waals surface area contributed by atoms with E-state index in [0.717, 1.165) is 6.20 Å². The van der Waals surface area contributed by atoms with Gasteiger partial charge in [0.05, 0.1) is 0 Å². The number of nitrogens with zero attached hydrogens (tertiary/aromatic N) is 3. The predicted octanol–water partition coefficient (Wildman–Crippen LogP) is 3.47. The quantitative estimate of drug-likeness (QED) is 0.822. The lowest BCUT2D eigenvalue weighted by Gasteiger charge is -2.34. The second-order valence-corrected chi connectivity index (χ2v) is 8.34. The molecule has 3 rings (SSSR count). The highest BCUT2D eigenvalue weighted by Crippen LogP contribution is 2.59. The van der Waals surface area contributed by atoms with E-state index in [1.165, 1.54) is 6.07 Å². The summed E-state index contributed by atoms with van der Waals surface area (Å²) in [6, 6.07) is 1.23. The van der Waals surface area contributed by atoms with Crippen molar-refractivity contribution in [1.82, 2.24) is 14.9 Å². The molecular weight excluding hydrogens is 377 g/mol. The number of amides is 2. The molecule has 0 aromatic carbocycles. The number of ether oxygens (including phenoxy) is 1. The van der Waals surface area contributed by atoms with E-state index in [1.54, 1.807) is 25.7 Å². The standard InChI is InChI=1S/C18H23F3N4O3/c1-16(2,3)28-15(27)25-8-5-17(6-9-25)10-11(17)13(26)23-12-4-7-22-14(24-12)18(19,20)21/h4,7,11H,5-6,8-10H2,1-3H3,(H,22,23,24,26). The molecule has 154 valence electrons. The SMILES string of the molecule is CC(C)(C)OC(=O)N1CCC2(CC1)CC2C(=O)Nc1ccnc(C(F)(F)F)n1. The number of hydrogen-bond donors (Lipinski definition) is 1. The third-order valence-electron chi connectivity index (χ3n) is 5.08. The molecule has 1 aliphatic carbocycles. The van der Waals surface area contributed by atoms with Crippen molar-refractivity contribution in [2.75, 3.05) is 18.4 Å². The Morgan fingerprint density at radius 3 is 2.46 bits per heavy atom. The third-order valence-corrected chi connectivity index (χ3v) is 5.08. The van der Waals surface area contributed by atoms with Crippen molar-refractivity contribution < 1.29 is 27.5 Å². The summed E-state index contributed by atoms with van der Waals surface area (Å²) >= 11 is 0. The summed E-state index contributed by atoms with van der Waals surface area (Å²) in [6.07, 6.45) is -2.12. The number of likely N-dealkylation sites (tertiary alicyclic amines) is 1. The largest absolute Gasteiger partial charge is 0.451 e. The molecule has 1 saturated heterocycles. The molecular formula is C18H23F3N4O3. The van der Waals surface area contributed by atoms with Gasteiger partial charge in [0, 0.05) is 25.2 Å². The molecule has 7 nitrogen and oxygen atoms in total. The van der Waals surface area contributed by atoms with Crippen LogP contribution in [0.15, 0.2) is 12.3 Å². The first-order chi connectivity index (χ1) is 12.9. The maximum Gasteiger partial charge on any atom is 0.451 e. The molecule has 1 unspecified atom stereocenters. The molecule has 2 amide bonds. The average Bonchev–Trinajstić information content (AvgIpc) is 3.27. The summed E-state index contributed by atoms with van der Waals surface area (Å²) in [5.74, 6) is -2.10. The van der Waals surface area contributed by atoms with Crippen molar-refractivity contribution in [3.8, 4) is 0 Å². The number of hydrogen-bond acceptors (Lipinski definition) is 5. The van der Waals surface area contributed by atoms with Crippen LogP contribution in [0.1, 0.15) is 45.9 Å². The van der Waals surface area contributed by atoms with Gasteiger partial charge in [-0.15, -0.1) is 0 Å². The van der Waals surface area contributed by atoms with Crippen LogP contribution in [0.3, 0.4) is 0 Å². The Hall–Kier alpha value is -2.39. The fourth-order valence-corrected chi connectivity index (χ4v) is 3.51. The Labute approximate surface area is 160 Å². The van der Waals surface area contributed by atoms with Gasteiger partial charge in [0.1, 0.15) is 11.4 Å². The van der Waals surface area contributed by atoms with Crippen LogP contribution in [-0.2, 0) is 15.7 Å². The topological polar surface area (TPSA) is 84.4 Å². The van der Waals surface area contributed by atoms with Crippen molar-refractivity contribution >= 4 is 17.8 Å². The number of nitrogens with one attached hydrogen (secondary N) is 1. The number of carbonyl (C=O) groups is 2. The van der Waals surface area contributed by atoms with E-state index in [9.17, 15) is 22.8 Å². The average molecular weight is 400 g/mol. The maximum absolute atomic E-state index is 12.7. The lowest BCUT2D eigenvalue weighted by Crippen LogP contribution is -2.43. The van der Waals surface area contributed by atoms with Crippen LogP contribution in [0.2, 0.25) is 0 Å². The van der Waals surface area contributed by atoms with Gasteiger partial charge >= 0.3 is 12.3 Å². The van der Waals surface area contributed by atoms with Gasteiger partial charge in [-0.1, -0.05) is 0 Å². The van der Waals surface area contributed by atoms with Crippen LogP contribution in [0.25, 0.3) is 0 Å². The fraction of sp³-hybridized carbons (Fsp3) is 0.667. The van der Waals surface area contributed by atoms with Crippen LogP contribution < -0.4 is 5.32 Å². The maximum atomic E-state index is 12.7. The fourth-order valence-electron chi connectivity index (χ4n) is 3.51. The highest BCUT2D eigenvalue weighted by molar-refractivity contribution is 5.94. The molecule has 1 aromatic rings. The van der Waals surface area contributed by atoms with Gasteiger partial charge in [0.25, 0.3) is 0 Å². The van der Waals surface area contributed by atoms with Crippen LogP contribution >= 0.6 is 0 Å². The van der Waals surface area contributed by atoms with E-state index in [2.05, 4.69) is 15.3 Å². The predicted molar refractivity (Wildman–Crippen MR) is 93.2 cm³/mol. The Morgan fingerprint density at radius 1 is 1.25 bits per heavy atom. The minimum atomic E-state index is -4.67. The van der Waals surface area contributed by atoms with Gasteiger partial charge in [0.15, 0.2) is 0 Å². The number of anilines is 1. The third kappa shape index (κ3) is 4.53. The molecule has 1 aliphatic heterocycles. The number of aromatic nitrogens is 2. The van der Waals surface area contributed by atoms with E-state index in [1.807, 2.05) is 0 Å². The molecule has 10 heteroatoms. The van der Waals surface area contributed by atoms with E-state index in [4.69, 9.17) is 4.74 Å². The van der Waals surface area contributed by atoms with Gasteiger partial charge in [0.2, 0.25) is 11.7 Å². The lowest BCUT2D eigenvalue weighted by molar-refractivity contribution is -0.145. The van der Waals surface area contributed by atoms with Crippen LogP contribution in [-0.4, -0.2) is 45.6 Å². The summed E-state index contributed by atoms with van der Waals surface area (Å²) < 4.78 is 43.4. The highest BCUT2D eigenvalue weighted by atomic mass is 19.4.